The van der Waals surface area contributed by atoms with Crippen molar-refractivity contribution in [3.05, 3.63) is 24.3 Å². The minimum absolute atomic E-state index is 0.146. The minimum Gasteiger partial charge on any atom is -0.465 e. The van der Waals surface area contributed by atoms with E-state index in [0.717, 1.165) is 12.8 Å². The molecule has 3 N–H and O–H groups in total. The Morgan fingerprint density at radius 3 is 2.48 bits per heavy atom. The van der Waals surface area contributed by atoms with E-state index in [9.17, 15) is 9.36 Å². The van der Waals surface area contributed by atoms with Gasteiger partial charge in [0.1, 0.15) is 5.75 Å². The highest BCUT2D eigenvalue weighted by Gasteiger charge is 2.09. The standard InChI is InChI=1S/C15H25N2O5P/c1-3-12(4-2)11-21-15(18)9-10-16-23(20)22-14-7-5-13(17-19)6-8-14/h5-8,12,17,19,23H,3-4,9-11H2,1-2H3,(H,16,20). The van der Waals surface area contributed by atoms with Gasteiger partial charge in [-0.05, 0) is 30.2 Å². The van der Waals surface area contributed by atoms with Gasteiger partial charge in [-0.2, -0.15) is 0 Å². The fraction of sp³-hybridized carbons (Fsp3) is 0.533. The average Bonchev–Trinajstić information content (AvgIpc) is 2.56. The Morgan fingerprint density at radius 2 is 1.91 bits per heavy atom. The zero-order valence-electron chi connectivity index (χ0n) is 13.5. The number of hydrogen-bond acceptors (Lipinski definition) is 6. The van der Waals surface area contributed by atoms with Crippen LogP contribution in [-0.2, 0) is 14.1 Å². The van der Waals surface area contributed by atoms with Crippen molar-refractivity contribution in [2.24, 2.45) is 5.92 Å². The summed E-state index contributed by atoms with van der Waals surface area (Å²) in [7, 11) is -2.49. The van der Waals surface area contributed by atoms with E-state index in [1.54, 1.807) is 24.3 Å². The molecular weight excluding hydrogens is 319 g/mol. The largest absolute Gasteiger partial charge is 0.465 e. The average molecular weight is 344 g/mol. The normalized spacial score (nSPS) is 12.0. The van der Waals surface area contributed by atoms with Gasteiger partial charge in [0.25, 0.3) is 0 Å². The van der Waals surface area contributed by atoms with Gasteiger partial charge in [0, 0.05) is 6.54 Å². The molecule has 0 bridgehead atoms. The van der Waals surface area contributed by atoms with Crippen LogP contribution < -0.4 is 15.1 Å². The molecule has 0 fully saturated rings. The van der Waals surface area contributed by atoms with E-state index in [1.807, 2.05) is 5.48 Å². The lowest BCUT2D eigenvalue weighted by Gasteiger charge is -2.12. The van der Waals surface area contributed by atoms with Crippen LogP contribution in [0.3, 0.4) is 0 Å². The van der Waals surface area contributed by atoms with Crippen molar-refractivity contribution < 1.29 is 23.8 Å². The first kappa shape index (κ1) is 19.5. The Labute approximate surface area is 137 Å². The van der Waals surface area contributed by atoms with E-state index < -0.39 is 8.18 Å². The van der Waals surface area contributed by atoms with E-state index in [0.29, 0.717) is 24.0 Å². The molecule has 1 atom stereocenters. The number of ether oxygens (including phenoxy) is 1. The van der Waals surface area contributed by atoms with E-state index in [2.05, 4.69) is 18.9 Å². The first-order valence-electron chi connectivity index (χ1n) is 7.70. The summed E-state index contributed by atoms with van der Waals surface area (Å²) in [5.74, 6) is 0.500. The highest BCUT2D eigenvalue weighted by Crippen LogP contribution is 2.24. The molecule has 0 saturated carbocycles. The second-order valence-corrected chi connectivity index (χ2v) is 6.20. The molecule has 0 saturated heterocycles. The summed E-state index contributed by atoms with van der Waals surface area (Å²) < 4.78 is 22.1. The fourth-order valence-electron chi connectivity index (χ4n) is 1.81. The molecule has 0 heterocycles. The van der Waals surface area contributed by atoms with Crippen LogP contribution in [0.4, 0.5) is 5.69 Å². The van der Waals surface area contributed by atoms with Crippen LogP contribution in [0.15, 0.2) is 24.3 Å². The number of nitrogens with one attached hydrogen (secondary N) is 2. The van der Waals surface area contributed by atoms with Gasteiger partial charge in [-0.3, -0.25) is 20.0 Å². The number of hydrogen-bond donors (Lipinski definition) is 3. The summed E-state index contributed by atoms with van der Waals surface area (Å²) in [4.78, 5) is 11.6. The maximum absolute atomic E-state index is 11.7. The van der Waals surface area contributed by atoms with Crippen molar-refractivity contribution >= 4 is 19.8 Å². The van der Waals surface area contributed by atoms with Gasteiger partial charge in [-0.25, -0.2) is 5.09 Å². The molecule has 0 aliphatic rings. The van der Waals surface area contributed by atoms with Gasteiger partial charge in [0.05, 0.1) is 18.7 Å². The monoisotopic (exact) mass is 344 g/mol. The Kier molecular flexibility index (Phi) is 9.36. The lowest BCUT2D eigenvalue weighted by Crippen LogP contribution is -2.17. The van der Waals surface area contributed by atoms with Gasteiger partial charge >= 0.3 is 14.1 Å². The molecule has 0 radical (unpaired) electrons. The molecule has 8 heteroatoms. The van der Waals surface area contributed by atoms with Crippen molar-refractivity contribution in [3.8, 4) is 5.75 Å². The zero-order chi connectivity index (χ0) is 17.1. The minimum atomic E-state index is -2.49. The molecule has 1 aromatic carbocycles. The van der Waals surface area contributed by atoms with Crippen molar-refractivity contribution in [2.45, 2.75) is 33.1 Å². The van der Waals surface area contributed by atoms with Crippen molar-refractivity contribution in [1.82, 2.24) is 5.09 Å². The van der Waals surface area contributed by atoms with Gasteiger partial charge in [-0.15, -0.1) is 0 Å². The van der Waals surface area contributed by atoms with Gasteiger partial charge in [0.15, 0.2) is 0 Å². The third-order valence-electron chi connectivity index (χ3n) is 3.43. The maximum Gasteiger partial charge on any atom is 0.307 e. The molecule has 1 unspecified atom stereocenters. The second-order valence-electron chi connectivity index (χ2n) is 5.07. The van der Waals surface area contributed by atoms with Crippen LogP contribution in [0.2, 0.25) is 0 Å². The van der Waals surface area contributed by atoms with E-state index in [-0.39, 0.29) is 18.9 Å². The van der Waals surface area contributed by atoms with Gasteiger partial charge < -0.3 is 9.26 Å². The van der Waals surface area contributed by atoms with Gasteiger partial charge in [-0.1, -0.05) is 26.7 Å². The van der Waals surface area contributed by atoms with E-state index in [1.165, 1.54) is 0 Å². The highest BCUT2D eigenvalue weighted by atomic mass is 31.1. The second kappa shape index (κ2) is 11.0. The van der Waals surface area contributed by atoms with Crippen LogP contribution in [0.25, 0.3) is 0 Å². The quantitative estimate of drug-likeness (QED) is 0.322. The van der Waals surface area contributed by atoms with E-state index >= 15 is 0 Å². The number of rotatable bonds is 11. The SMILES string of the molecule is CCC(CC)COC(=O)CCN[PH](=O)Oc1ccc(NO)cc1. The van der Waals surface area contributed by atoms with Crippen LogP contribution in [0.5, 0.6) is 5.75 Å². The smallest absolute Gasteiger partial charge is 0.307 e. The van der Waals surface area contributed by atoms with E-state index in [4.69, 9.17) is 14.5 Å². The van der Waals surface area contributed by atoms with Crippen LogP contribution in [0, 0.1) is 5.92 Å². The Morgan fingerprint density at radius 1 is 1.26 bits per heavy atom. The summed E-state index contributed by atoms with van der Waals surface area (Å²) in [6, 6.07) is 6.32. The third-order valence-corrected chi connectivity index (χ3v) is 4.39. The number of esters is 1. The number of carbonyl (C=O) groups is 1. The lowest BCUT2D eigenvalue weighted by molar-refractivity contribution is -0.144. The molecular formula is C15H25N2O5P. The number of anilines is 1. The highest BCUT2D eigenvalue weighted by molar-refractivity contribution is 7.37. The topological polar surface area (TPSA) is 96.9 Å². The summed E-state index contributed by atoms with van der Waals surface area (Å²) in [5.41, 5.74) is 2.49. The molecule has 130 valence electrons. The molecule has 1 rings (SSSR count). The molecule has 0 aliphatic heterocycles. The molecule has 0 aliphatic carbocycles. The predicted molar refractivity (Wildman–Crippen MR) is 89.1 cm³/mol. The third kappa shape index (κ3) is 8.02. The first-order valence-corrected chi connectivity index (χ1v) is 9.02. The first-order chi connectivity index (χ1) is 11.1. The Balaban J connectivity index is 2.21. The zero-order valence-corrected chi connectivity index (χ0v) is 14.5. The predicted octanol–water partition coefficient (Wildman–Crippen LogP) is 3.22. The van der Waals surface area contributed by atoms with Crippen LogP contribution >= 0.6 is 8.18 Å². The molecule has 0 spiro atoms. The lowest BCUT2D eigenvalue weighted by atomic mass is 10.1. The molecule has 0 amide bonds. The summed E-state index contributed by atoms with van der Waals surface area (Å²) in [5, 5.41) is 11.4. The molecule has 23 heavy (non-hydrogen) atoms. The Hall–Kier alpha value is -1.56. The van der Waals surface area contributed by atoms with Crippen LogP contribution in [0.1, 0.15) is 33.1 Å². The number of carbonyl (C=O) groups excluding carboxylic acids is 1. The summed E-state index contributed by atoms with van der Waals surface area (Å²) in [6.07, 6.45) is 2.11. The molecule has 7 nitrogen and oxygen atoms in total. The maximum atomic E-state index is 11.7. The van der Waals surface area contributed by atoms with Gasteiger partial charge in [0.2, 0.25) is 0 Å². The fourth-order valence-corrected chi connectivity index (χ4v) is 2.57. The van der Waals surface area contributed by atoms with Crippen molar-refractivity contribution in [1.29, 1.82) is 0 Å². The number of benzene rings is 1. The molecule has 0 aromatic heterocycles. The summed E-state index contributed by atoms with van der Waals surface area (Å²) in [6.45, 7) is 4.80. The van der Waals surface area contributed by atoms with Crippen molar-refractivity contribution in [2.75, 3.05) is 18.6 Å². The van der Waals surface area contributed by atoms with Crippen LogP contribution in [-0.4, -0.2) is 24.3 Å². The van der Waals surface area contributed by atoms with Crippen molar-refractivity contribution in [3.63, 3.8) is 0 Å². The summed E-state index contributed by atoms with van der Waals surface area (Å²) >= 11 is 0. The molecule has 1 aromatic rings. The Bertz CT molecular complexity index is 491.